The first-order valence-electron chi connectivity index (χ1n) is 9.36. The lowest BCUT2D eigenvalue weighted by Crippen LogP contribution is -2.50. The molecule has 1 aliphatic rings. The zero-order valence-electron chi connectivity index (χ0n) is 16.0. The fourth-order valence-corrected chi connectivity index (χ4v) is 3.13. The third-order valence-electron chi connectivity index (χ3n) is 4.75. The van der Waals surface area contributed by atoms with E-state index in [1.807, 2.05) is 0 Å². The van der Waals surface area contributed by atoms with Crippen molar-refractivity contribution < 1.29 is 9.72 Å². The molecule has 1 amide bonds. The molecule has 1 aliphatic heterocycles. The van der Waals surface area contributed by atoms with Crippen molar-refractivity contribution in [3.8, 4) is 0 Å². The van der Waals surface area contributed by atoms with E-state index in [2.05, 4.69) is 35.9 Å². The highest BCUT2D eigenvalue weighted by Gasteiger charge is 2.20. The summed E-state index contributed by atoms with van der Waals surface area (Å²) in [6.07, 6.45) is 2.13. The number of carbonyl (C=O) groups excluding carboxylic acids is 1. The van der Waals surface area contributed by atoms with E-state index >= 15 is 0 Å². The first-order chi connectivity index (χ1) is 12.3. The molecule has 26 heavy (non-hydrogen) atoms. The second-order valence-corrected chi connectivity index (χ2v) is 7.48. The number of amides is 1. The Morgan fingerprint density at radius 3 is 2.27 bits per heavy atom. The van der Waals surface area contributed by atoms with Crippen LogP contribution in [0.3, 0.4) is 0 Å². The van der Waals surface area contributed by atoms with Gasteiger partial charge in [0.25, 0.3) is 5.69 Å². The molecule has 1 fully saturated rings. The van der Waals surface area contributed by atoms with Crippen molar-refractivity contribution in [2.45, 2.75) is 39.7 Å². The highest BCUT2D eigenvalue weighted by atomic mass is 16.6. The summed E-state index contributed by atoms with van der Waals surface area (Å²) in [6.45, 7) is 10.1. The smallest absolute Gasteiger partial charge is 0.269 e. The van der Waals surface area contributed by atoms with Gasteiger partial charge in [-0.05, 0) is 37.8 Å². The van der Waals surface area contributed by atoms with Gasteiger partial charge in [-0.15, -0.1) is 0 Å². The van der Waals surface area contributed by atoms with Crippen molar-refractivity contribution in [2.24, 2.45) is 5.92 Å². The molecule has 2 rings (SSSR count). The first-order valence-corrected chi connectivity index (χ1v) is 9.36. The van der Waals surface area contributed by atoms with Crippen molar-refractivity contribution in [2.75, 3.05) is 37.6 Å². The first kappa shape index (κ1) is 20.2. The predicted octanol–water partition coefficient (Wildman–Crippen LogP) is 2.66. The van der Waals surface area contributed by atoms with Gasteiger partial charge >= 0.3 is 0 Å². The number of nitrogens with zero attached hydrogens (tertiary/aromatic N) is 3. The largest absolute Gasteiger partial charge is 0.369 e. The number of nitro benzene ring substituents is 1. The molecule has 7 heteroatoms. The van der Waals surface area contributed by atoms with E-state index < -0.39 is 0 Å². The Morgan fingerprint density at radius 1 is 1.12 bits per heavy atom. The average Bonchev–Trinajstić information content (AvgIpc) is 2.60. The van der Waals surface area contributed by atoms with Crippen LogP contribution in [0.25, 0.3) is 0 Å². The van der Waals surface area contributed by atoms with Crippen molar-refractivity contribution in [1.82, 2.24) is 10.2 Å². The van der Waals surface area contributed by atoms with Crippen LogP contribution in [0.15, 0.2) is 24.3 Å². The van der Waals surface area contributed by atoms with Crippen LogP contribution in [0.4, 0.5) is 11.4 Å². The minimum atomic E-state index is -0.386. The molecule has 144 valence electrons. The average molecular weight is 362 g/mol. The summed E-state index contributed by atoms with van der Waals surface area (Å²) >= 11 is 0. The number of piperazine rings is 1. The summed E-state index contributed by atoms with van der Waals surface area (Å²) in [4.78, 5) is 26.9. The molecule has 1 heterocycles. The van der Waals surface area contributed by atoms with E-state index in [1.165, 1.54) is 12.1 Å². The minimum absolute atomic E-state index is 0.0880. The van der Waals surface area contributed by atoms with Crippen LogP contribution in [0.1, 0.15) is 33.6 Å². The van der Waals surface area contributed by atoms with E-state index in [4.69, 9.17) is 0 Å². The number of anilines is 1. The van der Waals surface area contributed by atoms with Gasteiger partial charge in [-0.25, -0.2) is 0 Å². The Balaban J connectivity index is 1.74. The van der Waals surface area contributed by atoms with Gasteiger partial charge < -0.3 is 10.2 Å². The number of hydrogen-bond acceptors (Lipinski definition) is 5. The maximum Gasteiger partial charge on any atom is 0.269 e. The lowest BCUT2D eigenvalue weighted by Gasteiger charge is -2.35. The zero-order chi connectivity index (χ0) is 19.1. The van der Waals surface area contributed by atoms with E-state index in [0.717, 1.165) is 44.7 Å². The second kappa shape index (κ2) is 9.52. The van der Waals surface area contributed by atoms with Crippen LogP contribution in [-0.2, 0) is 4.79 Å². The van der Waals surface area contributed by atoms with Gasteiger partial charge in [0.15, 0.2) is 0 Å². The van der Waals surface area contributed by atoms with Crippen LogP contribution in [-0.4, -0.2) is 54.5 Å². The molecule has 1 aromatic rings. The van der Waals surface area contributed by atoms with Crippen LogP contribution in [0.2, 0.25) is 0 Å². The molecule has 0 spiro atoms. The molecule has 1 N–H and O–H groups in total. The molecule has 7 nitrogen and oxygen atoms in total. The summed E-state index contributed by atoms with van der Waals surface area (Å²) in [7, 11) is 0. The maximum atomic E-state index is 12.2. The van der Waals surface area contributed by atoms with Crippen LogP contribution in [0, 0.1) is 16.0 Å². The van der Waals surface area contributed by atoms with Gasteiger partial charge in [0.05, 0.1) is 11.5 Å². The number of rotatable bonds is 8. The Kier molecular flexibility index (Phi) is 7.38. The summed E-state index contributed by atoms with van der Waals surface area (Å²) < 4.78 is 0. The molecule has 1 atom stereocenters. The van der Waals surface area contributed by atoms with Crippen molar-refractivity contribution in [3.05, 3.63) is 34.4 Å². The summed E-state index contributed by atoms with van der Waals surface area (Å²) in [5.41, 5.74) is 1.10. The van der Waals surface area contributed by atoms with Gasteiger partial charge in [0.2, 0.25) is 5.91 Å². The van der Waals surface area contributed by atoms with E-state index in [1.54, 1.807) is 12.1 Å². The summed E-state index contributed by atoms with van der Waals surface area (Å²) in [5.74, 6) is 0.742. The molecule has 0 radical (unpaired) electrons. The fraction of sp³-hybridized carbons (Fsp3) is 0.632. The molecular weight excluding hydrogens is 332 g/mol. The number of nitrogens with one attached hydrogen (secondary N) is 1. The number of hydrogen-bond donors (Lipinski definition) is 1. The lowest BCUT2D eigenvalue weighted by atomic mass is 10.0. The molecule has 0 aliphatic carbocycles. The van der Waals surface area contributed by atoms with Gasteiger partial charge in [0.1, 0.15) is 0 Å². The predicted molar refractivity (Wildman–Crippen MR) is 103 cm³/mol. The number of nitro groups is 1. The number of non-ortho nitro benzene ring substituents is 1. The SMILES string of the molecule is CC(C)CC[C@@H](C)NC(=O)CN1CCN(c2ccc([N+](=O)[O-])cc2)CC1. The van der Waals surface area contributed by atoms with E-state index in [9.17, 15) is 14.9 Å². The maximum absolute atomic E-state index is 12.2. The van der Waals surface area contributed by atoms with Gasteiger partial charge in [-0.3, -0.25) is 19.8 Å². The standard InChI is InChI=1S/C19H30N4O3/c1-15(2)4-5-16(3)20-19(24)14-21-10-12-22(13-11-21)17-6-8-18(9-7-17)23(25)26/h6-9,15-16H,4-5,10-14H2,1-3H3,(H,20,24)/t16-/m1/s1. The monoisotopic (exact) mass is 362 g/mol. The Labute approximate surface area is 155 Å². The highest BCUT2D eigenvalue weighted by Crippen LogP contribution is 2.20. The van der Waals surface area contributed by atoms with Gasteiger partial charge in [-0.2, -0.15) is 0 Å². The van der Waals surface area contributed by atoms with Crippen molar-refractivity contribution in [1.29, 1.82) is 0 Å². The van der Waals surface area contributed by atoms with Crippen LogP contribution < -0.4 is 10.2 Å². The normalized spacial score (nSPS) is 16.5. The Morgan fingerprint density at radius 2 is 1.73 bits per heavy atom. The second-order valence-electron chi connectivity index (χ2n) is 7.48. The zero-order valence-corrected chi connectivity index (χ0v) is 16.0. The topological polar surface area (TPSA) is 78.7 Å². The molecule has 0 aromatic heterocycles. The van der Waals surface area contributed by atoms with Gasteiger partial charge in [0, 0.05) is 50.0 Å². The van der Waals surface area contributed by atoms with Gasteiger partial charge in [-0.1, -0.05) is 13.8 Å². The Hall–Kier alpha value is -2.15. The molecule has 1 saturated heterocycles. The molecule has 1 aromatic carbocycles. The fourth-order valence-electron chi connectivity index (χ4n) is 3.13. The molecule has 0 unspecified atom stereocenters. The highest BCUT2D eigenvalue weighted by molar-refractivity contribution is 5.78. The third kappa shape index (κ3) is 6.29. The van der Waals surface area contributed by atoms with E-state index in [0.29, 0.717) is 12.5 Å². The van der Waals surface area contributed by atoms with Crippen molar-refractivity contribution >= 4 is 17.3 Å². The van der Waals surface area contributed by atoms with Crippen LogP contribution >= 0.6 is 0 Å². The van der Waals surface area contributed by atoms with Crippen molar-refractivity contribution in [3.63, 3.8) is 0 Å². The summed E-state index contributed by atoms with van der Waals surface area (Å²) in [6, 6.07) is 6.86. The quantitative estimate of drug-likeness (QED) is 0.568. The van der Waals surface area contributed by atoms with Crippen LogP contribution in [0.5, 0.6) is 0 Å². The molecular formula is C19H30N4O3. The summed E-state index contributed by atoms with van der Waals surface area (Å²) in [5, 5.41) is 13.8. The molecule has 0 saturated carbocycles. The van der Waals surface area contributed by atoms with E-state index in [-0.39, 0.29) is 22.6 Å². The third-order valence-corrected chi connectivity index (χ3v) is 4.75. The number of benzene rings is 1. The lowest BCUT2D eigenvalue weighted by molar-refractivity contribution is -0.384. The number of carbonyl (C=O) groups is 1. The molecule has 0 bridgehead atoms. The minimum Gasteiger partial charge on any atom is -0.369 e. The Bertz CT molecular complexity index is 595.